The minimum Gasteiger partial charge on any atom is -0.479 e. The second-order valence-corrected chi connectivity index (χ2v) is 4.56. The molecular weight excluding hydrogens is 288 g/mol. The fourth-order valence-electron chi connectivity index (χ4n) is 2.09. The van der Waals surface area contributed by atoms with E-state index in [9.17, 15) is 19.8 Å². The second kappa shape index (κ2) is 6.28. The number of aliphatic hydroxyl groups excluding tert-OH is 1. The highest BCUT2D eigenvalue weighted by Gasteiger charge is 2.53. The first-order chi connectivity index (χ1) is 10.5. The molecule has 6 nitrogen and oxygen atoms in total. The molecule has 2 unspecified atom stereocenters. The zero-order chi connectivity index (χ0) is 16.2. The average Bonchev–Trinajstić information content (AvgIpc) is 2.53. The van der Waals surface area contributed by atoms with Crippen LogP contribution in [0.3, 0.4) is 0 Å². The van der Waals surface area contributed by atoms with Crippen LogP contribution in [0.2, 0.25) is 0 Å². The van der Waals surface area contributed by atoms with Gasteiger partial charge in [-0.15, -0.1) is 0 Å². The first kappa shape index (κ1) is 15.5. The molecule has 2 aromatic rings. The number of carboxylic acid groups (broad SMARTS) is 2. The summed E-state index contributed by atoms with van der Waals surface area (Å²) in [5.41, 5.74) is -2.42. The minimum absolute atomic E-state index is 0.0289. The molecule has 0 spiro atoms. The van der Waals surface area contributed by atoms with Crippen LogP contribution in [0.15, 0.2) is 60.7 Å². The smallest absolute Gasteiger partial charge is 0.356 e. The number of rotatable bonds is 6. The topological polar surface area (TPSA) is 104 Å². The Kier molecular flexibility index (Phi) is 4.43. The van der Waals surface area contributed by atoms with Gasteiger partial charge in [0, 0.05) is 5.56 Å². The van der Waals surface area contributed by atoms with E-state index >= 15 is 0 Å². The highest BCUT2D eigenvalue weighted by molar-refractivity contribution is 5.89. The van der Waals surface area contributed by atoms with E-state index in [1.54, 1.807) is 24.3 Å². The fourth-order valence-corrected chi connectivity index (χ4v) is 2.09. The predicted octanol–water partition coefficient (Wildman–Crippen LogP) is 1.49. The Morgan fingerprint density at radius 2 is 1.41 bits per heavy atom. The van der Waals surface area contributed by atoms with Gasteiger partial charge >= 0.3 is 11.9 Å². The third kappa shape index (κ3) is 2.77. The Labute approximate surface area is 126 Å². The van der Waals surface area contributed by atoms with E-state index in [1.807, 2.05) is 0 Å². The monoisotopic (exact) mass is 302 g/mol. The molecular formula is C16H14O6. The van der Waals surface area contributed by atoms with Crippen LogP contribution in [0.25, 0.3) is 0 Å². The van der Waals surface area contributed by atoms with E-state index in [-0.39, 0.29) is 11.3 Å². The Hall–Kier alpha value is -2.86. The molecule has 114 valence electrons. The summed E-state index contributed by atoms with van der Waals surface area (Å²) in [5.74, 6) is -3.16. The normalized spacial score (nSPS) is 14.6. The van der Waals surface area contributed by atoms with Crippen molar-refractivity contribution in [2.75, 3.05) is 0 Å². The summed E-state index contributed by atoms with van der Waals surface area (Å²) in [7, 11) is 0. The molecule has 0 bridgehead atoms. The van der Waals surface area contributed by atoms with Crippen molar-refractivity contribution in [1.82, 2.24) is 0 Å². The van der Waals surface area contributed by atoms with E-state index < -0.39 is 23.6 Å². The van der Waals surface area contributed by atoms with E-state index in [4.69, 9.17) is 9.84 Å². The molecule has 0 radical (unpaired) electrons. The molecule has 0 saturated carbocycles. The zero-order valence-corrected chi connectivity index (χ0v) is 11.4. The molecule has 6 heteroatoms. The third-order valence-electron chi connectivity index (χ3n) is 3.16. The maximum atomic E-state index is 11.8. The van der Waals surface area contributed by atoms with E-state index in [1.165, 1.54) is 36.4 Å². The maximum Gasteiger partial charge on any atom is 0.356 e. The van der Waals surface area contributed by atoms with Crippen LogP contribution in [0.4, 0.5) is 0 Å². The van der Waals surface area contributed by atoms with Crippen molar-refractivity contribution in [1.29, 1.82) is 0 Å². The van der Waals surface area contributed by atoms with Gasteiger partial charge in [0.2, 0.25) is 6.10 Å². The lowest BCUT2D eigenvalue weighted by molar-refractivity contribution is -0.180. The van der Waals surface area contributed by atoms with Crippen LogP contribution in [-0.2, 0) is 15.2 Å². The molecule has 0 amide bonds. The first-order valence-electron chi connectivity index (χ1n) is 6.42. The van der Waals surface area contributed by atoms with Gasteiger partial charge in [-0.3, -0.25) is 0 Å². The van der Waals surface area contributed by atoms with Crippen molar-refractivity contribution in [3.63, 3.8) is 0 Å². The van der Waals surface area contributed by atoms with Gasteiger partial charge in [-0.25, -0.2) is 9.59 Å². The number of carboxylic acids is 2. The predicted molar refractivity (Wildman–Crippen MR) is 76.5 cm³/mol. The Balaban J connectivity index is 2.60. The van der Waals surface area contributed by atoms with Crippen LogP contribution in [0, 0.1) is 0 Å². The number of hydrogen-bond donors (Lipinski definition) is 3. The van der Waals surface area contributed by atoms with Crippen molar-refractivity contribution in [3.05, 3.63) is 66.2 Å². The quantitative estimate of drug-likeness (QED) is 0.747. The number of aliphatic hydroxyl groups is 1. The van der Waals surface area contributed by atoms with Crippen molar-refractivity contribution in [2.24, 2.45) is 0 Å². The van der Waals surface area contributed by atoms with Gasteiger partial charge in [0.25, 0.3) is 5.60 Å². The molecule has 3 N–H and O–H groups in total. The van der Waals surface area contributed by atoms with Gasteiger partial charge in [0.15, 0.2) is 0 Å². The van der Waals surface area contributed by atoms with Crippen LogP contribution < -0.4 is 4.74 Å². The standard InChI is InChI=1S/C16H14O6/c17-13(14(18)19)16(15(20)21,11-7-3-1-4-8-11)22-12-9-5-2-6-10-12/h1-10,13,17H,(H,18,19)(H,20,21). The highest BCUT2D eigenvalue weighted by atomic mass is 16.5. The van der Waals surface area contributed by atoms with E-state index in [2.05, 4.69) is 0 Å². The second-order valence-electron chi connectivity index (χ2n) is 4.56. The summed E-state index contributed by atoms with van der Waals surface area (Å²) in [4.78, 5) is 23.0. The van der Waals surface area contributed by atoms with Gasteiger partial charge in [-0.05, 0) is 12.1 Å². The molecule has 0 aliphatic carbocycles. The van der Waals surface area contributed by atoms with Gasteiger partial charge in [0.1, 0.15) is 5.75 Å². The lowest BCUT2D eigenvalue weighted by Crippen LogP contribution is -2.54. The Bertz CT molecular complexity index is 655. The molecule has 2 aromatic carbocycles. The first-order valence-corrected chi connectivity index (χ1v) is 6.42. The van der Waals surface area contributed by atoms with Crippen molar-refractivity contribution >= 4 is 11.9 Å². The van der Waals surface area contributed by atoms with Gasteiger partial charge in [0.05, 0.1) is 0 Å². The Morgan fingerprint density at radius 1 is 0.909 bits per heavy atom. The summed E-state index contributed by atoms with van der Waals surface area (Å²) in [6.07, 6.45) is -2.28. The van der Waals surface area contributed by atoms with Crippen LogP contribution in [-0.4, -0.2) is 33.4 Å². The van der Waals surface area contributed by atoms with Crippen LogP contribution in [0.5, 0.6) is 5.75 Å². The molecule has 0 aliphatic rings. The summed E-state index contributed by atoms with van der Waals surface area (Å²) in [6, 6.07) is 15.4. The molecule has 0 fully saturated rings. The SMILES string of the molecule is O=C(O)C(O)C(Oc1ccccc1)(C(=O)O)c1ccccc1. The molecule has 0 heterocycles. The fraction of sp³-hybridized carbons (Fsp3) is 0.125. The third-order valence-corrected chi connectivity index (χ3v) is 3.16. The molecule has 0 saturated heterocycles. The lowest BCUT2D eigenvalue weighted by Gasteiger charge is -2.32. The molecule has 0 aromatic heterocycles. The van der Waals surface area contributed by atoms with Crippen molar-refractivity contribution in [3.8, 4) is 5.75 Å². The number of carbonyl (C=O) groups is 2. The summed E-state index contributed by atoms with van der Waals surface area (Å²) in [6.45, 7) is 0. The number of ether oxygens (including phenoxy) is 1. The molecule has 2 atom stereocenters. The number of benzene rings is 2. The van der Waals surface area contributed by atoms with E-state index in [0.29, 0.717) is 0 Å². The lowest BCUT2D eigenvalue weighted by atomic mass is 9.87. The van der Waals surface area contributed by atoms with Crippen LogP contribution >= 0.6 is 0 Å². The maximum absolute atomic E-state index is 11.8. The van der Waals surface area contributed by atoms with Gasteiger partial charge in [-0.2, -0.15) is 0 Å². The molecule has 0 aliphatic heterocycles. The van der Waals surface area contributed by atoms with Gasteiger partial charge < -0.3 is 20.1 Å². The summed E-state index contributed by atoms with van der Waals surface area (Å²) < 4.78 is 5.44. The number of aliphatic carboxylic acids is 2. The van der Waals surface area contributed by atoms with Crippen molar-refractivity contribution in [2.45, 2.75) is 11.7 Å². The van der Waals surface area contributed by atoms with Gasteiger partial charge in [-0.1, -0.05) is 48.5 Å². The summed E-state index contributed by atoms with van der Waals surface area (Å²) in [5, 5.41) is 28.7. The van der Waals surface area contributed by atoms with Crippen molar-refractivity contribution < 1.29 is 29.6 Å². The highest BCUT2D eigenvalue weighted by Crippen LogP contribution is 2.32. The minimum atomic E-state index is -2.45. The Morgan fingerprint density at radius 3 is 1.86 bits per heavy atom. The average molecular weight is 302 g/mol. The number of para-hydroxylation sites is 1. The van der Waals surface area contributed by atoms with Crippen LogP contribution in [0.1, 0.15) is 5.56 Å². The zero-order valence-electron chi connectivity index (χ0n) is 11.4. The summed E-state index contributed by atoms with van der Waals surface area (Å²) >= 11 is 0. The van der Waals surface area contributed by atoms with E-state index in [0.717, 1.165) is 0 Å². The molecule has 22 heavy (non-hydrogen) atoms. The largest absolute Gasteiger partial charge is 0.479 e. The molecule has 2 rings (SSSR count). The number of hydrogen-bond acceptors (Lipinski definition) is 4.